The summed E-state index contributed by atoms with van der Waals surface area (Å²) < 4.78 is 0. The molecule has 134 valence electrons. The Morgan fingerprint density at radius 3 is 1.85 bits per heavy atom. The van der Waals surface area contributed by atoms with Crippen molar-refractivity contribution in [1.29, 1.82) is 0 Å². The van der Waals surface area contributed by atoms with Crippen molar-refractivity contribution in [1.82, 2.24) is 0 Å². The van der Waals surface area contributed by atoms with Gasteiger partial charge in [0.05, 0.1) is 11.1 Å². The van der Waals surface area contributed by atoms with E-state index < -0.39 is 17.8 Å². The molecule has 3 N–H and O–H groups in total. The minimum absolute atomic E-state index is 0.0336. The summed E-state index contributed by atoms with van der Waals surface area (Å²) in [6, 6.07) is 9.53. The van der Waals surface area contributed by atoms with E-state index in [9.17, 15) is 19.2 Å². The Bertz CT molecular complexity index is 844. The number of carbonyl (C=O) groups is 4. The van der Waals surface area contributed by atoms with Crippen molar-refractivity contribution in [2.24, 2.45) is 0 Å². The van der Waals surface area contributed by atoms with Crippen molar-refractivity contribution in [3.63, 3.8) is 0 Å². The van der Waals surface area contributed by atoms with Gasteiger partial charge in [-0.25, -0.2) is 9.59 Å². The third-order valence-corrected chi connectivity index (χ3v) is 3.71. The number of aromatic carboxylic acids is 2. The van der Waals surface area contributed by atoms with Gasteiger partial charge in [0.25, 0.3) is 0 Å². The van der Waals surface area contributed by atoms with E-state index in [2.05, 4.69) is 5.32 Å². The molecule has 2 rings (SSSR count). The molecule has 2 aromatic rings. The van der Waals surface area contributed by atoms with Gasteiger partial charge in [-0.1, -0.05) is 11.6 Å². The molecule has 0 aliphatic carbocycles. The number of carboxylic acids is 2. The monoisotopic (exact) mass is 375 g/mol. The molecule has 0 bridgehead atoms. The highest BCUT2D eigenvalue weighted by molar-refractivity contribution is 6.30. The topological polar surface area (TPSA) is 121 Å². The van der Waals surface area contributed by atoms with E-state index in [0.29, 0.717) is 10.6 Å². The maximum absolute atomic E-state index is 12.0. The Morgan fingerprint density at radius 1 is 0.808 bits per heavy atom. The average Bonchev–Trinajstić information content (AvgIpc) is 2.59. The number of anilines is 1. The first-order valence-corrected chi connectivity index (χ1v) is 7.84. The first-order valence-electron chi connectivity index (χ1n) is 7.46. The average molecular weight is 376 g/mol. The molecule has 0 unspecified atom stereocenters. The second-order valence-corrected chi connectivity index (χ2v) is 5.82. The standard InChI is InChI=1S/C18H14ClNO6/c19-13-3-1-10(2-4-13)15(21)5-6-16(22)20-14-8-11(17(23)24)7-12(9-14)18(25)26/h1-4,7-9H,5-6H2,(H,20,22)(H,23,24)(H,25,26). The molecule has 0 fully saturated rings. The van der Waals surface area contributed by atoms with Crippen molar-refractivity contribution in [3.8, 4) is 0 Å². The maximum Gasteiger partial charge on any atom is 0.335 e. The number of benzene rings is 2. The SMILES string of the molecule is O=C(CCC(=O)c1ccc(Cl)cc1)Nc1cc(C(=O)O)cc(C(=O)O)c1. The zero-order valence-electron chi connectivity index (χ0n) is 13.4. The van der Waals surface area contributed by atoms with Gasteiger partial charge in [0, 0.05) is 29.1 Å². The van der Waals surface area contributed by atoms with Crippen LogP contribution in [0.5, 0.6) is 0 Å². The summed E-state index contributed by atoms with van der Waals surface area (Å²) in [5.41, 5.74) is -0.0793. The van der Waals surface area contributed by atoms with Crippen LogP contribution in [0.4, 0.5) is 5.69 Å². The Kier molecular flexibility index (Phi) is 6.08. The lowest BCUT2D eigenvalue weighted by Gasteiger charge is -2.08. The van der Waals surface area contributed by atoms with Crippen LogP contribution in [0.1, 0.15) is 43.9 Å². The highest BCUT2D eigenvalue weighted by Gasteiger charge is 2.14. The molecule has 0 saturated heterocycles. The number of carboxylic acid groups (broad SMARTS) is 2. The van der Waals surface area contributed by atoms with E-state index in [1.807, 2.05) is 0 Å². The third kappa shape index (κ3) is 5.15. The van der Waals surface area contributed by atoms with E-state index in [0.717, 1.165) is 18.2 Å². The normalized spacial score (nSPS) is 10.2. The Labute approximate surface area is 153 Å². The van der Waals surface area contributed by atoms with Crippen molar-refractivity contribution >= 4 is 40.9 Å². The van der Waals surface area contributed by atoms with Gasteiger partial charge in [-0.15, -0.1) is 0 Å². The first-order chi connectivity index (χ1) is 12.3. The van der Waals surface area contributed by atoms with Crippen LogP contribution >= 0.6 is 11.6 Å². The van der Waals surface area contributed by atoms with Crippen molar-refractivity contribution < 1.29 is 29.4 Å². The molecule has 0 spiro atoms. The van der Waals surface area contributed by atoms with Crippen molar-refractivity contribution in [2.45, 2.75) is 12.8 Å². The molecule has 0 aliphatic heterocycles. The summed E-state index contributed by atoms with van der Waals surface area (Å²) in [7, 11) is 0. The summed E-state index contributed by atoms with van der Waals surface area (Å²) in [5.74, 6) is -3.42. The number of hydrogen-bond donors (Lipinski definition) is 3. The van der Waals surface area contributed by atoms with E-state index in [4.69, 9.17) is 21.8 Å². The second-order valence-electron chi connectivity index (χ2n) is 5.39. The number of hydrogen-bond acceptors (Lipinski definition) is 4. The molecule has 2 aromatic carbocycles. The first kappa shape index (κ1) is 19.1. The lowest BCUT2D eigenvalue weighted by molar-refractivity contribution is -0.116. The van der Waals surface area contributed by atoms with E-state index in [-0.39, 0.29) is 35.4 Å². The predicted octanol–water partition coefficient (Wildman–Crippen LogP) is 3.34. The molecule has 8 heteroatoms. The fourth-order valence-corrected chi connectivity index (χ4v) is 2.30. The van der Waals surface area contributed by atoms with Gasteiger partial charge < -0.3 is 15.5 Å². The summed E-state index contributed by atoms with van der Waals surface area (Å²) in [6.45, 7) is 0. The van der Waals surface area contributed by atoms with Crippen LogP contribution in [0, 0.1) is 0 Å². The Hall–Kier alpha value is -3.19. The van der Waals surface area contributed by atoms with E-state index in [1.54, 1.807) is 24.3 Å². The van der Waals surface area contributed by atoms with Gasteiger partial charge in [0.2, 0.25) is 5.91 Å². The highest BCUT2D eigenvalue weighted by atomic mass is 35.5. The number of rotatable bonds is 7. The number of halogens is 1. The van der Waals surface area contributed by atoms with Gasteiger partial charge in [-0.3, -0.25) is 9.59 Å². The van der Waals surface area contributed by atoms with Crippen LogP contribution < -0.4 is 5.32 Å². The maximum atomic E-state index is 12.0. The molecule has 0 aromatic heterocycles. The van der Waals surface area contributed by atoms with Crippen molar-refractivity contribution in [3.05, 3.63) is 64.2 Å². The van der Waals surface area contributed by atoms with Crippen LogP contribution in [0.25, 0.3) is 0 Å². The quantitative estimate of drug-likeness (QED) is 0.638. The number of amides is 1. The smallest absolute Gasteiger partial charge is 0.335 e. The Morgan fingerprint density at radius 2 is 1.35 bits per heavy atom. The number of carbonyl (C=O) groups excluding carboxylic acids is 2. The summed E-state index contributed by atoms with van der Waals surface area (Å²) in [6.07, 6.45) is -0.195. The van der Waals surface area contributed by atoms with Crippen LogP contribution in [0.3, 0.4) is 0 Å². The molecule has 0 saturated carbocycles. The molecular weight excluding hydrogens is 362 g/mol. The van der Waals surface area contributed by atoms with Gasteiger partial charge in [0.1, 0.15) is 0 Å². The molecule has 1 amide bonds. The van der Waals surface area contributed by atoms with Gasteiger partial charge in [-0.05, 0) is 42.5 Å². The third-order valence-electron chi connectivity index (χ3n) is 3.46. The lowest BCUT2D eigenvalue weighted by atomic mass is 10.1. The zero-order valence-corrected chi connectivity index (χ0v) is 14.1. The van der Waals surface area contributed by atoms with E-state index >= 15 is 0 Å². The summed E-state index contributed by atoms with van der Waals surface area (Å²) in [4.78, 5) is 46.1. The highest BCUT2D eigenvalue weighted by Crippen LogP contribution is 2.17. The van der Waals surface area contributed by atoms with Crippen molar-refractivity contribution in [2.75, 3.05) is 5.32 Å². The van der Waals surface area contributed by atoms with Crippen LogP contribution in [0.2, 0.25) is 5.02 Å². The lowest BCUT2D eigenvalue weighted by Crippen LogP contribution is -2.15. The molecule has 7 nitrogen and oxygen atoms in total. The fraction of sp³-hybridized carbons (Fsp3) is 0.111. The summed E-state index contributed by atoms with van der Waals surface area (Å²) in [5, 5.41) is 20.9. The molecule has 0 atom stereocenters. The van der Waals surface area contributed by atoms with Crippen LogP contribution in [-0.4, -0.2) is 33.8 Å². The van der Waals surface area contributed by atoms with Gasteiger partial charge in [0.15, 0.2) is 5.78 Å². The molecular formula is C18H14ClNO6. The number of ketones is 1. The minimum Gasteiger partial charge on any atom is -0.478 e. The number of nitrogens with one attached hydrogen (secondary N) is 1. The molecule has 0 aliphatic rings. The number of Topliss-reactive ketones (excluding diaryl/α,β-unsaturated/α-hetero) is 1. The van der Waals surface area contributed by atoms with Gasteiger partial charge in [-0.2, -0.15) is 0 Å². The molecule has 0 heterocycles. The fourth-order valence-electron chi connectivity index (χ4n) is 2.18. The predicted molar refractivity (Wildman–Crippen MR) is 94.0 cm³/mol. The summed E-state index contributed by atoms with van der Waals surface area (Å²) >= 11 is 5.75. The van der Waals surface area contributed by atoms with E-state index in [1.165, 1.54) is 0 Å². The van der Waals surface area contributed by atoms with Crippen LogP contribution in [-0.2, 0) is 4.79 Å². The molecule has 0 radical (unpaired) electrons. The molecule has 26 heavy (non-hydrogen) atoms. The zero-order chi connectivity index (χ0) is 19.3. The second kappa shape index (κ2) is 8.26. The Balaban J connectivity index is 2.03. The minimum atomic E-state index is -1.32. The van der Waals surface area contributed by atoms with Crippen LogP contribution in [0.15, 0.2) is 42.5 Å². The largest absolute Gasteiger partial charge is 0.478 e. The van der Waals surface area contributed by atoms with Gasteiger partial charge >= 0.3 is 11.9 Å².